The van der Waals surface area contributed by atoms with Crippen molar-refractivity contribution in [2.75, 3.05) is 6.26 Å². The minimum Gasteiger partial charge on any atom is -0.261 e. The predicted molar refractivity (Wildman–Crippen MR) is 56.5 cm³/mol. The van der Waals surface area contributed by atoms with E-state index in [1.54, 1.807) is 12.1 Å². The maximum Gasteiger partial charge on any atom is 0.474 e. The third-order valence-corrected chi connectivity index (χ3v) is 3.26. The Morgan fingerprint density at radius 3 is 2.25 bits per heavy atom. The molecule has 0 radical (unpaired) electrons. The molecule has 2 nitrogen and oxygen atoms in total. The molecule has 88 valence electrons. The minimum atomic E-state index is -4.91. The van der Waals surface area contributed by atoms with E-state index in [0.29, 0.717) is 9.92 Å². The lowest BCUT2D eigenvalue weighted by Gasteiger charge is -2.03. The molecule has 0 fully saturated rings. The second-order valence-electron chi connectivity index (χ2n) is 2.83. The van der Waals surface area contributed by atoms with Gasteiger partial charge in [0.25, 0.3) is 0 Å². The Balaban J connectivity index is 2.94. The fraction of sp³-hybridized carbons (Fsp3) is 0.222. The van der Waals surface area contributed by atoms with Crippen LogP contribution in [0.15, 0.2) is 33.5 Å². The molecule has 0 bridgehead atoms. The number of hydrogen-bond acceptors (Lipinski definition) is 1. The fourth-order valence-electron chi connectivity index (χ4n) is 0.860. The summed E-state index contributed by atoms with van der Waals surface area (Å²) in [6, 6.07) is 6.15. The van der Waals surface area contributed by atoms with Crippen LogP contribution in [0.5, 0.6) is 0 Å². The third-order valence-electron chi connectivity index (χ3n) is 1.62. The van der Waals surface area contributed by atoms with E-state index in [1.807, 2.05) is 0 Å². The Morgan fingerprint density at radius 1 is 1.31 bits per heavy atom. The van der Waals surface area contributed by atoms with Crippen molar-refractivity contribution in [2.24, 2.45) is 4.36 Å². The highest BCUT2D eigenvalue weighted by atomic mass is 35.5. The quantitative estimate of drug-likeness (QED) is 0.770. The maximum absolute atomic E-state index is 11.9. The highest BCUT2D eigenvalue weighted by molar-refractivity contribution is 7.87. The first-order chi connectivity index (χ1) is 7.30. The van der Waals surface area contributed by atoms with Crippen LogP contribution in [0.3, 0.4) is 0 Å². The number of alkyl halides is 3. The summed E-state index contributed by atoms with van der Waals surface area (Å²) in [6.45, 7) is 0. The summed E-state index contributed by atoms with van der Waals surface area (Å²) < 4.78 is 38.9. The van der Waals surface area contributed by atoms with Crippen molar-refractivity contribution < 1.29 is 18.0 Å². The first-order valence-corrected chi connectivity index (χ1v) is 6.02. The van der Waals surface area contributed by atoms with Crippen LogP contribution in [0.2, 0.25) is 5.02 Å². The van der Waals surface area contributed by atoms with E-state index in [2.05, 4.69) is 4.36 Å². The van der Waals surface area contributed by atoms with Gasteiger partial charge in [-0.2, -0.15) is 17.5 Å². The average molecular weight is 270 g/mol. The SMILES string of the molecule is C[S@](=NC(=O)C(F)(F)F)c1ccc(Cl)cc1. The summed E-state index contributed by atoms with van der Waals surface area (Å²) in [5.74, 6) is -2.06. The number of hydrogen-bond donors (Lipinski definition) is 0. The molecule has 1 atom stereocenters. The van der Waals surface area contributed by atoms with Crippen molar-refractivity contribution in [2.45, 2.75) is 11.1 Å². The Morgan fingerprint density at radius 2 is 1.81 bits per heavy atom. The Bertz CT molecular complexity index is 427. The molecule has 0 aliphatic carbocycles. The molecule has 16 heavy (non-hydrogen) atoms. The standard InChI is InChI=1S/C9H7ClF3NOS/c1-16(14-8(15)9(11,12)13)7-4-2-6(10)3-5-7/h2-5H,1H3/t16-/m0/s1. The molecular formula is C9H7ClF3NOS. The molecule has 1 amide bonds. The molecule has 1 aromatic carbocycles. The van der Waals surface area contributed by atoms with Gasteiger partial charge >= 0.3 is 12.1 Å². The summed E-state index contributed by atoms with van der Waals surface area (Å²) in [5.41, 5.74) is 0. The maximum atomic E-state index is 11.9. The van der Waals surface area contributed by atoms with Gasteiger partial charge in [0.15, 0.2) is 0 Å². The topological polar surface area (TPSA) is 29.4 Å². The first kappa shape index (κ1) is 13.2. The van der Waals surface area contributed by atoms with Crippen LogP contribution in [-0.2, 0) is 15.5 Å². The molecular weight excluding hydrogens is 263 g/mol. The van der Waals surface area contributed by atoms with Crippen molar-refractivity contribution in [1.29, 1.82) is 0 Å². The van der Waals surface area contributed by atoms with Crippen molar-refractivity contribution in [3.05, 3.63) is 29.3 Å². The van der Waals surface area contributed by atoms with E-state index in [0.717, 1.165) is 0 Å². The van der Waals surface area contributed by atoms with Gasteiger partial charge in [0.05, 0.1) is 0 Å². The van der Waals surface area contributed by atoms with Gasteiger partial charge in [0.2, 0.25) is 0 Å². The lowest BCUT2D eigenvalue weighted by Crippen LogP contribution is -2.20. The Hall–Kier alpha value is -0.880. The summed E-state index contributed by atoms with van der Waals surface area (Å²) in [4.78, 5) is 11.1. The second-order valence-corrected chi connectivity index (χ2v) is 4.87. The van der Waals surface area contributed by atoms with Crippen molar-refractivity contribution in [3.8, 4) is 0 Å². The van der Waals surface area contributed by atoms with E-state index in [9.17, 15) is 18.0 Å². The molecule has 0 saturated carbocycles. The number of amides is 1. The minimum absolute atomic E-state index is 0.475. The zero-order chi connectivity index (χ0) is 12.3. The molecule has 0 heterocycles. The lowest BCUT2D eigenvalue weighted by molar-refractivity contribution is -0.169. The molecule has 0 aliphatic heterocycles. The molecule has 0 N–H and O–H groups in total. The van der Waals surface area contributed by atoms with Gasteiger partial charge in [-0.1, -0.05) is 22.3 Å². The van der Waals surface area contributed by atoms with Crippen molar-refractivity contribution >= 4 is 28.2 Å². The van der Waals surface area contributed by atoms with E-state index in [4.69, 9.17) is 11.6 Å². The van der Waals surface area contributed by atoms with Crippen molar-refractivity contribution in [3.63, 3.8) is 0 Å². The molecule has 0 unspecified atom stereocenters. The van der Waals surface area contributed by atoms with Gasteiger partial charge in [-0.05, 0) is 30.5 Å². The van der Waals surface area contributed by atoms with Gasteiger partial charge in [-0.25, -0.2) is 0 Å². The zero-order valence-corrected chi connectivity index (χ0v) is 9.66. The van der Waals surface area contributed by atoms with Crippen LogP contribution in [0, 0.1) is 0 Å². The molecule has 1 rings (SSSR count). The number of carbonyl (C=O) groups is 1. The fourth-order valence-corrected chi connectivity index (χ4v) is 1.97. The first-order valence-electron chi connectivity index (χ1n) is 4.05. The van der Waals surface area contributed by atoms with Gasteiger partial charge in [0.1, 0.15) is 0 Å². The molecule has 7 heteroatoms. The van der Waals surface area contributed by atoms with Crippen LogP contribution in [-0.4, -0.2) is 18.3 Å². The Kier molecular flexibility index (Phi) is 4.09. The van der Waals surface area contributed by atoms with Gasteiger partial charge < -0.3 is 0 Å². The van der Waals surface area contributed by atoms with Crippen LogP contribution in [0.25, 0.3) is 0 Å². The normalized spacial score (nSPS) is 13.8. The predicted octanol–water partition coefficient (Wildman–Crippen LogP) is 3.22. The summed E-state index contributed by atoms with van der Waals surface area (Å²) in [7, 11) is -1.12. The largest absolute Gasteiger partial charge is 0.474 e. The molecule has 1 aromatic rings. The van der Waals surface area contributed by atoms with Crippen LogP contribution in [0.1, 0.15) is 0 Å². The molecule has 0 spiro atoms. The van der Waals surface area contributed by atoms with E-state index in [1.165, 1.54) is 18.4 Å². The van der Waals surface area contributed by atoms with E-state index in [-0.39, 0.29) is 0 Å². The van der Waals surface area contributed by atoms with Crippen molar-refractivity contribution in [1.82, 2.24) is 0 Å². The van der Waals surface area contributed by atoms with Gasteiger partial charge in [-0.3, -0.25) is 4.79 Å². The highest BCUT2D eigenvalue weighted by Gasteiger charge is 2.38. The number of rotatable bonds is 1. The van der Waals surface area contributed by atoms with Crippen LogP contribution >= 0.6 is 11.6 Å². The summed E-state index contributed by atoms with van der Waals surface area (Å²) >= 11 is 5.62. The monoisotopic (exact) mass is 269 g/mol. The molecule has 0 saturated heterocycles. The number of halogens is 4. The summed E-state index contributed by atoms with van der Waals surface area (Å²) in [5, 5.41) is 0.475. The second kappa shape index (κ2) is 4.97. The number of nitrogens with zero attached hydrogens (tertiary/aromatic N) is 1. The number of carbonyl (C=O) groups excluding carboxylic acids is 1. The van der Waals surface area contributed by atoms with E-state index < -0.39 is 22.8 Å². The third kappa shape index (κ3) is 3.61. The van der Waals surface area contributed by atoms with Crippen LogP contribution in [0.4, 0.5) is 13.2 Å². The average Bonchev–Trinajstić information content (AvgIpc) is 2.17. The molecule has 0 aromatic heterocycles. The smallest absolute Gasteiger partial charge is 0.261 e. The van der Waals surface area contributed by atoms with Gasteiger partial charge in [0, 0.05) is 9.92 Å². The number of benzene rings is 1. The zero-order valence-electron chi connectivity index (χ0n) is 8.08. The lowest BCUT2D eigenvalue weighted by atomic mass is 10.4. The summed E-state index contributed by atoms with van der Waals surface area (Å²) in [6.07, 6.45) is -3.47. The van der Waals surface area contributed by atoms with E-state index >= 15 is 0 Å². The van der Waals surface area contributed by atoms with Gasteiger partial charge in [-0.15, -0.1) is 0 Å². The molecule has 0 aliphatic rings. The van der Waals surface area contributed by atoms with Crippen LogP contribution < -0.4 is 0 Å². The highest BCUT2D eigenvalue weighted by Crippen LogP contribution is 2.19. The Labute approximate surface area is 97.5 Å².